The van der Waals surface area contributed by atoms with Gasteiger partial charge < -0.3 is 15.1 Å². The number of aliphatic carboxylic acids is 1. The van der Waals surface area contributed by atoms with Gasteiger partial charge in [-0.2, -0.15) is 0 Å². The van der Waals surface area contributed by atoms with Crippen LogP contribution in [0, 0.1) is 11.3 Å². The Hall–Kier alpha value is -1.79. The average molecular weight is 393 g/mol. The van der Waals surface area contributed by atoms with Gasteiger partial charge in [-0.25, -0.2) is 0 Å². The first-order valence-corrected chi connectivity index (χ1v) is 9.98. The van der Waals surface area contributed by atoms with Crippen LogP contribution in [-0.4, -0.2) is 57.6 Å². The Morgan fingerprint density at radius 3 is 2.52 bits per heavy atom. The van der Waals surface area contributed by atoms with Crippen LogP contribution >= 0.6 is 11.6 Å². The number of aromatic hydroxyl groups is 1. The maximum absolute atomic E-state index is 12.3. The molecule has 2 aliphatic heterocycles. The molecule has 1 spiro atoms. The first-order chi connectivity index (χ1) is 12.9. The van der Waals surface area contributed by atoms with Crippen LogP contribution in [0.5, 0.6) is 5.75 Å². The summed E-state index contributed by atoms with van der Waals surface area (Å²) in [6, 6.07) is 4.49. The molecule has 0 unspecified atom stereocenters. The largest absolute Gasteiger partial charge is 0.506 e. The number of nitrogens with zero attached hydrogens (tertiary/aromatic N) is 2. The van der Waals surface area contributed by atoms with E-state index < -0.39 is 12.0 Å². The van der Waals surface area contributed by atoms with Gasteiger partial charge in [-0.05, 0) is 55.2 Å². The number of rotatable bonds is 4. The Morgan fingerprint density at radius 2 is 1.93 bits per heavy atom. The zero-order valence-electron chi connectivity index (χ0n) is 15.2. The lowest BCUT2D eigenvalue weighted by Crippen LogP contribution is -2.44. The number of likely N-dealkylation sites (tertiary alicyclic amines) is 2. The van der Waals surface area contributed by atoms with Crippen LogP contribution in [0.25, 0.3) is 0 Å². The molecule has 0 aromatic heterocycles. The number of benzene rings is 1. The van der Waals surface area contributed by atoms with Crippen molar-refractivity contribution < 1.29 is 19.8 Å². The summed E-state index contributed by atoms with van der Waals surface area (Å²) < 4.78 is 0. The van der Waals surface area contributed by atoms with Gasteiger partial charge in [0.2, 0.25) is 5.91 Å². The summed E-state index contributed by atoms with van der Waals surface area (Å²) in [6.45, 7) is 2.68. The molecule has 1 aromatic rings. The molecule has 1 saturated carbocycles. The Balaban J connectivity index is 1.44. The van der Waals surface area contributed by atoms with E-state index in [4.69, 9.17) is 11.6 Å². The zero-order chi connectivity index (χ0) is 19.2. The third kappa shape index (κ3) is 3.78. The van der Waals surface area contributed by atoms with Gasteiger partial charge in [0.15, 0.2) is 0 Å². The molecular formula is C20H25ClN2O4. The molecule has 1 aromatic carbocycles. The van der Waals surface area contributed by atoms with Crippen molar-refractivity contribution in [1.29, 1.82) is 0 Å². The number of phenols is 1. The molecule has 1 aliphatic carbocycles. The van der Waals surface area contributed by atoms with E-state index in [1.807, 2.05) is 9.80 Å². The second-order valence-electron chi connectivity index (χ2n) is 8.35. The predicted molar refractivity (Wildman–Crippen MR) is 101 cm³/mol. The third-order valence-electron chi connectivity index (χ3n) is 6.35. The van der Waals surface area contributed by atoms with E-state index in [0.29, 0.717) is 19.5 Å². The molecule has 1 amide bonds. The summed E-state index contributed by atoms with van der Waals surface area (Å²) in [5.41, 5.74) is 0.854. The number of carboxylic acids is 1. The second kappa shape index (κ2) is 6.99. The molecule has 3 fully saturated rings. The number of amides is 1. The number of phenolic OH excluding ortho intramolecular Hbond substituents is 1. The van der Waals surface area contributed by atoms with Crippen LogP contribution < -0.4 is 0 Å². The smallest absolute Gasteiger partial charge is 0.320 e. The number of piperidine rings is 1. The second-order valence-corrected chi connectivity index (χ2v) is 8.76. The van der Waals surface area contributed by atoms with E-state index in [1.54, 1.807) is 18.2 Å². The molecule has 2 saturated heterocycles. The van der Waals surface area contributed by atoms with E-state index in [1.165, 1.54) is 0 Å². The van der Waals surface area contributed by atoms with Gasteiger partial charge in [0, 0.05) is 32.1 Å². The Bertz CT molecular complexity index is 756. The molecule has 146 valence electrons. The Morgan fingerprint density at radius 1 is 1.22 bits per heavy atom. The van der Waals surface area contributed by atoms with Crippen molar-refractivity contribution in [2.45, 2.75) is 44.7 Å². The SMILES string of the molecule is O=C(O)[C@H]1CC2(CCN(C(=O)C3CC3)CC2)CN1Cc1ccc(O)c(Cl)c1. The minimum atomic E-state index is -0.798. The van der Waals surface area contributed by atoms with Crippen LogP contribution in [0.4, 0.5) is 0 Å². The summed E-state index contributed by atoms with van der Waals surface area (Å²) in [5, 5.41) is 19.6. The van der Waals surface area contributed by atoms with Crippen molar-refractivity contribution in [3.63, 3.8) is 0 Å². The van der Waals surface area contributed by atoms with Crippen LogP contribution in [0.3, 0.4) is 0 Å². The first kappa shape index (κ1) is 18.6. The quantitative estimate of drug-likeness (QED) is 0.823. The summed E-state index contributed by atoms with van der Waals surface area (Å²) in [6.07, 6.45) is 4.39. The number of hydrogen-bond donors (Lipinski definition) is 2. The van der Waals surface area contributed by atoms with Crippen LogP contribution in [0.1, 0.15) is 37.7 Å². The lowest BCUT2D eigenvalue weighted by molar-refractivity contribution is -0.142. The minimum absolute atomic E-state index is 0.0285. The predicted octanol–water partition coefficient (Wildman–Crippen LogP) is 2.72. The fourth-order valence-electron chi connectivity index (χ4n) is 4.59. The van der Waals surface area contributed by atoms with Gasteiger partial charge in [-0.1, -0.05) is 17.7 Å². The highest BCUT2D eigenvalue weighted by molar-refractivity contribution is 6.32. The molecular weight excluding hydrogens is 368 g/mol. The lowest BCUT2D eigenvalue weighted by atomic mass is 9.76. The normalized spacial score (nSPS) is 25.1. The Labute approximate surface area is 163 Å². The van der Waals surface area contributed by atoms with Gasteiger partial charge in [0.05, 0.1) is 5.02 Å². The van der Waals surface area contributed by atoms with E-state index in [9.17, 15) is 19.8 Å². The average Bonchev–Trinajstić information content (AvgIpc) is 3.42. The first-order valence-electron chi connectivity index (χ1n) is 9.60. The van der Waals surface area contributed by atoms with Gasteiger partial charge in [0.25, 0.3) is 0 Å². The summed E-state index contributed by atoms with van der Waals surface area (Å²) in [5.74, 6) is -0.243. The van der Waals surface area contributed by atoms with Crippen molar-refractivity contribution in [3.05, 3.63) is 28.8 Å². The molecule has 6 nitrogen and oxygen atoms in total. The molecule has 4 rings (SSSR count). The maximum Gasteiger partial charge on any atom is 0.320 e. The third-order valence-corrected chi connectivity index (χ3v) is 6.65. The van der Waals surface area contributed by atoms with Crippen molar-refractivity contribution in [2.24, 2.45) is 11.3 Å². The fraction of sp³-hybridized carbons (Fsp3) is 0.600. The summed E-state index contributed by atoms with van der Waals surface area (Å²) in [4.78, 5) is 28.1. The van der Waals surface area contributed by atoms with Gasteiger partial charge in [0.1, 0.15) is 11.8 Å². The van der Waals surface area contributed by atoms with Gasteiger partial charge in [-0.15, -0.1) is 0 Å². The van der Waals surface area contributed by atoms with Crippen molar-refractivity contribution in [2.75, 3.05) is 19.6 Å². The summed E-state index contributed by atoms with van der Waals surface area (Å²) >= 11 is 5.99. The monoisotopic (exact) mass is 392 g/mol. The number of carbonyl (C=O) groups is 2. The molecule has 7 heteroatoms. The van der Waals surface area contributed by atoms with E-state index in [0.717, 1.165) is 44.3 Å². The van der Waals surface area contributed by atoms with Gasteiger partial charge in [-0.3, -0.25) is 14.5 Å². The topological polar surface area (TPSA) is 81.1 Å². The van der Waals surface area contributed by atoms with E-state index >= 15 is 0 Å². The molecule has 0 bridgehead atoms. The molecule has 27 heavy (non-hydrogen) atoms. The van der Waals surface area contributed by atoms with Gasteiger partial charge >= 0.3 is 5.97 Å². The number of hydrogen-bond acceptors (Lipinski definition) is 4. The Kier molecular flexibility index (Phi) is 4.80. The van der Waals surface area contributed by atoms with Crippen LogP contribution in [0.2, 0.25) is 5.02 Å². The zero-order valence-corrected chi connectivity index (χ0v) is 16.0. The highest BCUT2D eigenvalue weighted by Crippen LogP contribution is 2.45. The molecule has 0 radical (unpaired) electrons. The summed E-state index contributed by atoms with van der Waals surface area (Å²) in [7, 11) is 0. The lowest BCUT2D eigenvalue weighted by Gasteiger charge is -2.39. The number of carbonyl (C=O) groups excluding carboxylic acids is 1. The van der Waals surface area contributed by atoms with E-state index in [2.05, 4.69) is 0 Å². The minimum Gasteiger partial charge on any atom is -0.506 e. The fourth-order valence-corrected chi connectivity index (χ4v) is 4.79. The maximum atomic E-state index is 12.3. The molecule has 3 aliphatic rings. The molecule has 2 N–H and O–H groups in total. The van der Waals surface area contributed by atoms with Crippen molar-refractivity contribution in [1.82, 2.24) is 9.80 Å². The molecule has 1 atom stereocenters. The number of halogens is 1. The molecule has 2 heterocycles. The van der Waals surface area contributed by atoms with Crippen molar-refractivity contribution >= 4 is 23.5 Å². The van der Waals surface area contributed by atoms with E-state index in [-0.39, 0.29) is 28.0 Å². The number of carboxylic acid groups (broad SMARTS) is 1. The van der Waals surface area contributed by atoms with Crippen LogP contribution in [0.15, 0.2) is 18.2 Å². The highest BCUT2D eigenvalue weighted by atomic mass is 35.5. The van der Waals surface area contributed by atoms with Crippen molar-refractivity contribution in [3.8, 4) is 5.75 Å². The standard InChI is InChI=1S/C20H25ClN2O4/c21-15-9-13(1-4-17(15)24)11-23-12-20(10-16(23)19(26)27)5-7-22(8-6-20)18(25)14-2-3-14/h1,4,9,14,16,24H,2-3,5-8,10-12H2,(H,26,27)/t16-/m1/s1. The van der Waals surface area contributed by atoms with Crippen LogP contribution in [-0.2, 0) is 16.1 Å². The highest BCUT2D eigenvalue weighted by Gasteiger charge is 2.49.